The summed E-state index contributed by atoms with van der Waals surface area (Å²) in [6.45, 7) is 0.290. The fourth-order valence-corrected chi connectivity index (χ4v) is 4.94. The molecule has 4 aromatic rings. The van der Waals surface area contributed by atoms with Gasteiger partial charge in [-0.2, -0.15) is 4.98 Å². The number of ether oxygens (including phenoxy) is 4. The first-order valence-electron chi connectivity index (χ1n) is 12.5. The lowest BCUT2D eigenvalue weighted by atomic mass is 9.80. The first kappa shape index (κ1) is 25.5. The van der Waals surface area contributed by atoms with Crippen molar-refractivity contribution in [3.05, 3.63) is 118 Å². The molecule has 38 heavy (non-hydrogen) atoms. The highest BCUT2D eigenvalue weighted by atomic mass is 16.6. The highest BCUT2D eigenvalue weighted by molar-refractivity contribution is 5.49. The Balaban J connectivity index is 1.51. The minimum atomic E-state index is -0.942. The summed E-state index contributed by atoms with van der Waals surface area (Å²) in [6.07, 6.45) is 2.19. The lowest BCUT2D eigenvalue weighted by Gasteiger charge is -2.37. The second-order valence-electron chi connectivity index (χ2n) is 9.08. The summed E-state index contributed by atoms with van der Waals surface area (Å²) in [7, 11) is 3.28. The van der Waals surface area contributed by atoms with Gasteiger partial charge in [-0.25, -0.2) is 0 Å². The summed E-state index contributed by atoms with van der Waals surface area (Å²) in [6, 6.07) is 26.8. The highest BCUT2D eigenvalue weighted by Gasteiger charge is 2.39. The number of hydrogen-bond donors (Lipinski definition) is 1. The van der Waals surface area contributed by atoms with Crippen LogP contribution in [0.2, 0.25) is 0 Å². The fraction of sp³-hybridized carbons (Fsp3) is 0.267. The van der Waals surface area contributed by atoms with Crippen LogP contribution >= 0.6 is 0 Å². The zero-order valence-electron chi connectivity index (χ0n) is 21.3. The van der Waals surface area contributed by atoms with E-state index in [1.807, 2.05) is 66.7 Å². The van der Waals surface area contributed by atoms with Gasteiger partial charge in [0.2, 0.25) is 0 Å². The van der Waals surface area contributed by atoms with Crippen LogP contribution in [0.25, 0.3) is 0 Å². The van der Waals surface area contributed by atoms with Crippen LogP contribution < -0.4 is 15.0 Å². The Hall–Kier alpha value is -4.14. The quantitative estimate of drug-likeness (QED) is 0.325. The number of rotatable bonds is 9. The van der Waals surface area contributed by atoms with Crippen LogP contribution in [0.4, 0.5) is 0 Å². The van der Waals surface area contributed by atoms with Crippen molar-refractivity contribution < 1.29 is 24.1 Å². The van der Waals surface area contributed by atoms with Gasteiger partial charge in [0.15, 0.2) is 0 Å². The number of aromatic nitrogens is 2. The van der Waals surface area contributed by atoms with Crippen molar-refractivity contribution >= 4 is 0 Å². The summed E-state index contributed by atoms with van der Waals surface area (Å²) < 4.78 is 25.4. The van der Waals surface area contributed by atoms with Crippen LogP contribution in [0, 0.1) is 0 Å². The van der Waals surface area contributed by atoms with Gasteiger partial charge < -0.3 is 24.1 Å². The molecule has 0 amide bonds. The van der Waals surface area contributed by atoms with Gasteiger partial charge in [0.05, 0.1) is 26.9 Å². The molecule has 2 heterocycles. The summed E-state index contributed by atoms with van der Waals surface area (Å²) in [5.74, 6) is 1.50. The molecular weight excluding hydrogens is 484 g/mol. The van der Waals surface area contributed by atoms with Gasteiger partial charge in [0.1, 0.15) is 23.3 Å². The van der Waals surface area contributed by atoms with Crippen LogP contribution in [0.5, 0.6) is 17.5 Å². The second kappa shape index (κ2) is 11.1. The van der Waals surface area contributed by atoms with E-state index in [-0.39, 0.29) is 18.7 Å². The predicted molar refractivity (Wildman–Crippen MR) is 142 cm³/mol. The molecular formula is C30H30N2O6. The molecule has 3 aromatic carbocycles. The van der Waals surface area contributed by atoms with Crippen molar-refractivity contribution in [2.75, 3.05) is 20.8 Å². The summed E-state index contributed by atoms with van der Waals surface area (Å²) in [5, 5.41) is 10.1. The molecule has 1 aliphatic heterocycles. The molecule has 0 saturated carbocycles. The Morgan fingerprint density at radius 1 is 0.868 bits per heavy atom. The third kappa shape index (κ3) is 5.01. The van der Waals surface area contributed by atoms with Crippen molar-refractivity contribution in [3.8, 4) is 17.5 Å². The van der Waals surface area contributed by atoms with Crippen LogP contribution in [-0.2, 0) is 15.1 Å². The zero-order chi connectivity index (χ0) is 26.5. The smallest absolute Gasteiger partial charge is 0.299 e. The maximum absolute atomic E-state index is 11.5. The van der Waals surface area contributed by atoms with E-state index >= 15 is 0 Å². The standard InChI is InChI=1S/C30H30N2O6/c1-35-24-12-8-22(9-13-24)30(21-6-4-3-5-7-21,23-10-14-25(36-2)15-11-23)37-20-26-16-17-28(38-26)32-19-18-27(33)31-29(32)34/h3-15,18-19,26,28H,16-17,20H2,1-2H3,(H,31,33,34). The van der Waals surface area contributed by atoms with E-state index in [0.717, 1.165) is 28.2 Å². The first-order chi connectivity index (χ1) is 18.5. The Morgan fingerprint density at radius 2 is 1.45 bits per heavy atom. The summed E-state index contributed by atoms with van der Waals surface area (Å²) in [5.41, 5.74) is 1.40. The average molecular weight is 515 g/mol. The predicted octanol–water partition coefficient (Wildman–Crippen LogP) is 4.65. The van der Waals surface area contributed by atoms with Crippen LogP contribution in [-0.4, -0.2) is 41.6 Å². The van der Waals surface area contributed by atoms with Gasteiger partial charge in [-0.15, -0.1) is 0 Å². The van der Waals surface area contributed by atoms with Crippen molar-refractivity contribution in [3.63, 3.8) is 0 Å². The number of nitrogens with zero attached hydrogens (tertiary/aromatic N) is 2. The number of methoxy groups -OCH3 is 2. The highest BCUT2D eigenvalue weighted by Crippen LogP contribution is 2.42. The molecule has 0 radical (unpaired) electrons. The minimum absolute atomic E-state index is 0.238. The van der Waals surface area contributed by atoms with E-state index in [2.05, 4.69) is 17.1 Å². The topological polar surface area (TPSA) is 92.0 Å². The molecule has 1 aromatic heterocycles. The summed E-state index contributed by atoms with van der Waals surface area (Å²) in [4.78, 5) is 15.1. The molecule has 8 nitrogen and oxygen atoms in total. The average Bonchev–Trinajstić information content (AvgIpc) is 3.43. The van der Waals surface area contributed by atoms with E-state index < -0.39 is 17.4 Å². The van der Waals surface area contributed by atoms with Crippen molar-refractivity contribution in [2.45, 2.75) is 30.8 Å². The van der Waals surface area contributed by atoms with E-state index in [1.54, 1.807) is 14.2 Å². The molecule has 196 valence electrons. The SMILES string of the molecule is COc1ccc(C(OCC2CCC(n3ccc(=O)nc3O)O2)(c2ccccc2)c2ccc(OC)cc2)cc1. The monoisotopic (exact) mass is 514 g/mol. The van der Waals surface area contributed by atoms with Crippen LogP contribution in [0.3, 0.4) is 0 Å². The van der Waals surface area contributed by atoms with Gasteiger partial charge >= 0.3 is 0 Å². The van der Waals surface area contributed by atoms with Gasteiger partial charge in [-0.3, -0.25) is 9.36 Å². The number of aromatic hydroxyl groups is 1. The van der Waals surface area contributed by atoms with Gasteiger partial charge in [-0.05, 0) is 53.8 Å². The second-order valence-corrected chi connectivity index (χ2v) is 9.08. The Bertz CT molecular complexity index is 1360. The van der Waals surface area contributed by atoms with Crippen LogP contribution in [0.1, 0.15) is 35.8 Å². The molecule has 1 N–H and O–H groups in total. The van der Waals surface area contributed by atoms with E-state index in [4.69, 9.17) is 18.9 Å². The van der Waals surface area contributed by atoms with Gasteiger partial charge in [0.25, 0.3) is 11.6 Å². The first-order valence-corrected chi connectivity index (χ1v) is 12.5. The Kier molecular flexibility index (Phi) is 7.44. The Labute approximate surface area is 221 Å². The molecule has 1 fully saturated rings. The van der Waals surface area contributed by atoms with E-state index in [0.29, 0.717) is 12.8 Å². The van der Waals surface area contributed by atoms with Crippen molar-refractivity contribution in [2.24, 2.45) is 0 Å². The molecule has 2 unspecified atom stereocenters. The minimum Gasteiger partial charge on any atom is -0.497 e. The Morgan fingerprint density at radius 3 is 2.00 bits per heavy atom. The molecule has 0 aliphatic carbocycles. The molecule has 1 saturated heterocycles. The number of benzene rings is 3. The van der Waals surface area contributed by atoms with Crippen molar-refractivity contribution in [1.82, 2.24) is 9.55 Å². The zero-order valence-corrected chi connectivity index (χ0v) is 21.3. The molecule has 2 atom stereocenters. The lowest BCUT2D eigenvalue weighted by molar-refractivity contribution is -0.0779. The third-order valence-corrected chi connectivity index (χ3v) is 6.87. The van der Waals surface area contributed by atoms with Crippen molar-refractivity contribution in [1.29, 1.82) is 0 Å². The molecule has 0 spiro atoms. The van der Waals surface area contributed by atoms with Gasteiger partial charge in [-0.1, -0.05) is 54.6 Å². The normalized spacial score (nSPS) is 17.3. The summed E-state index contributed by atoms with van der Waals surface area (Å²) >= 11 is 0. The maximum Gasteiger partial charge on any atom is 0.299 e. The fourth-order valence-electron chi connectivity index (χ4n) is 4.94. The van der Waals surface area contributed by atoms with E-state index in [9.17, 15) is 9.90 Å². The molecule has 8 heteroatoms. The molecule has 5 rings (SSSR count). The van der Waals surface area contributed by atoms with E-state index in [1.165, 1.54) is 16.8 Å². The largest absolute Gasteiger partial charge is 0.497 e. The van der Waals surface area contributed by atoms with Crippen LogP contribution in [0.15, 0.2) is 95.9 Å². The maximum atomic E-state index is 11.5. The molecule has 0 bridgehead atoms. The molecule has 1 aliphatic rings. The lowest BCUT2D eigenvalue weighted by Crippen LogP contribution is -2.35. The number of hydrogen-bond acceptors (Lipinski definition) is 7. The third-order valence-electron chi connectivity index (χ3n) is 6.87. The van der Waals surface area contributed by atoms with Gasteiger partial charge in [0, 0.05) is 12.3 Å².